The number of thiocarbonyl (C=S) groups is 1. The van der Waals surface area contributed by atoms with E-state index in [9.17, 15) is 4.79 Å². The number of aromatic nitrogens is 1. The molecule has 1 aromatic heterocycles. The summed E-state index contributed by atoms with van der Waals surface area (Å²) in [6, 6.07) is 7.38. The summed E-state index contributed by atoms with van der Waals surface area (Å²) in [5.41, 5.74) is 0.747. The van der Waals surface area contributed by atoms with Crippen molar-refractivity contribution in [1.29, 1.82) is 0 Å². The smallest absolute Gasteiger partial charge is 0.250 e. The largest absolute Gasteiger partial charge is 0.495 e. The monoisotopic (exact) mass is 595 g/mol. The van der Waals surface area contributed by atoms with Crippen molar-refractivity contribution in [3.63, 3.8) is 0 Å². The summed E-state index contributed by atoms with van der Waals surface area (Å²) in [6.45, 7) is 0. The minimum absolute atomic E-state index is 0.172. The van der Waals surface area contributed by atoms with Crippen molar-refractivity contribution >= 4 is 89.6 Å². The number of carbonyl (C=O) groups excluding carboxylic acids is 1. The predicted molar refractivity (Wildman–Crippen MR) is 119 cm³/mol. The van der Waals surface area contributed by atoms with Crippen LogP contribution < -0.4 is 15.4 Å². The van der Waals surface area contributed by atoms with Crippen LogP contribution in [0.4, 0.5) is 5.82 Å². The standard InChI is InChI=1S/C16H12Br2IN3O2S/c1-24-15-9(6-10(17)7-12(15)18)2-5-14(23)22-16(25)21-13-4-3-11(19)8-20-13/h2-8H,1H3,(H2,20,21,22,23,25)/b5-2+. The summed E-state index contributed by atoms with van der Waals surface area (Å²) < 4.78 is 7.99. The van der Waals surface area contributed by atoms with Crippen LogP contribution in [0.3, 0.4) is 0 Å². The van der Waals surface area contributed by atoms with Crippen molar-refractivity contribution in [1.82, 2.24) is 10.3 Å². The molecule has 0 bridgehead atoms. The first-order valence-electron chi connectivity index (χ1n) is 6.83. The third-order valence-electron chi connectivity index (χ3n) is 2.86. The first-order chi connectivity index (χ1) is 11.9. The van der Waals surface area contributed by atoms with Gasteiger partial charge in [-0.2, -0.15) is 0 Å². The lowest BCUT2D eigenvalue weighted by Gasteiger charge is -2.09. The number of rotatable bonds is 4. The molecule has 25 heavy (non-hydrogen) atoms. The zero-order chi connectivity index (χ0) is 18.4. The van der Waals surface area contributed by atoms with E-state index < -0.39 is 0 Å². The number of anilines is 1. The third-order valence-corrected chi connectivity index (χ3v) is 4.75. The van der Waals surface area contributed by atoms with Crippen molar-refractivity contribution in [2.45, 2.75) is 0 Å². The van der Waals surface area contributed by atoms with Crippen molar-refractivity contribution in [3.8, 4) is 5.75 Å². The number of halogens is 3. The summed E-state index contributed by atoms with van der Waals surface area (Å²) in [7, 11) is 1.57. The highest BCUT2D eigenvalue weighted by Gasteiger charge is 2.08. The fourth-order valence-corrected chi connectivity index (χ4v) is 3.78. The van der Waals surface area contributed by atoms with E-state index in [0.29, 0.717) is 11.6 Å². The minimum Gasteiger partial charge on any atom is -0.495 e. The zero-order valence-electron chi connectivity index (χ0n) is 12.8. The zero-order valence-corrected chi connectivity index (χ0v) is 19.0. The van der Waals surface area contributed by atoms with Gasteiger partial charge in [0.1, 0.15) is 11.6 Å². The van der Waals surface area contributed by atoms with E-state index in [1.54, 1.807) is 25.4 Å². The number of carbonyl (C=O) groups is 1. The first-order valence-corrected chi connectivity index (χ1v) is 9.91. The molecule has 0 radical (unpaired) electrons. The van der Waals surface area contributed by atoms with Gasteiger partial charge in [0, 0.05) is 25.9 Å². The van der Waals surface area contributed by atoms with E-state index in [-0.39, 0.29) is 11.0 Å². The molecule has 5 nitrogen and oxygen atoms in total. The van der Waals surface area contributed by atoms with Gasteiger partial charge in [-0.1, -0.05) is 15.9 Å². The predicted octanol–water partition coefficient (Wildman–Crippen LogP) is 4.75. The van der Waals surface area contributed by atoms with Gasteiger partial charge >= 0.3 is 0 Å². The molecule has 0 unspecified atom stereocenters. The van der Waals surface area contributed by atoms with Crippen LogP contribution in [0, 0.1) is 3.57 Å². The first kappa shape index (κ1) is 20.3. The Hall–Kier alpha value is -1.04. The Morgan fingerprint density at radius 3 is 2.76 bits per heavy atom. The summed E-state index contributed by atoms with van der Waals surface area (Å²) in [4.78, 5) is 16.2. The molecule has 9 heteroatoms. The average Bonchev–Trinajstić information content (AvgIpc) is 2.54. The average molecular weight is 597 g/mol. The molecule has 2 N–H and O–H groups in total. The molecule has 0 saturated carbocycles. The van der Waals surface area contributed by atoms with Gasteiger partial charge in [-0.3, -0.25) is 10.1 Å². The molecule has 1 heterocycles. The Bertz CT molecular complexity index is 829. The van der Waals surface area contributed by atoms with Crippen molar-refractivity contribution in [3.05, 3.63) is 54.6 Å². The molecule has 0 spiro atoms. The number of hydrogen-bond acceptors (Lipinski definition) is 4. The van der Waals surface area contributed by atoms with Crippen molar-refractivity contribution in [2.75, 3.05) is 12.4 Å². The highest BCUT2D eigenvalue weighted by atomic mass is 127. The van der Waals surface area contributed by atoms with Crippen LogP contribution >= 0.6 is 66.7 Å². The molecular formula is C16H12Br2IN3O2S. The Morgan fingerprint density at radius 1 is 1.36 bits per heavy atom. The van der Waals surface area contributed by atoms with E-state index in [4.69, 9.17) is 17.0 Å². The van der Waals surface area contributed by atoms with Gasteiger partial charge in [-0.25, -0.2) is 4.98 Å². The Kier molecular flexibility index (Phi) is 7.79. The Morgan fingerprint density at radius 2 is 2.12 bits per heavy atom. The molecule has 0 aliphatic carbocycles. The topological polar surface area (TPSA) is 63.2 Å². The Balaban J connectivity index is 2.01. The molecule has 2 aromatic rings. The van der Waals surface area contributed by atoms with Crippen LogP contribution in [0.2, 0.25) is 0 Å². The molecule has 0 fully saturated rings. The highest BCUT2D eigenvalue weighted by Crippen LogP contribution is 2.33. The maximum absolute atomic E-state index is 12.0. The van der Waals surface area contributed by atoms with Gasteiger partial charge in [0.05, 0.1) is 11.6 Å². The highest BCUT2D eigenvalue weighted by molar-refractivity contribution is 14.1. The Labute approximate surface area is 181 Å². The molecule has 1 amide bonds. The van der Waals surface area contributed by atoms with Gasteiger partial charge in [0.25, 0.3) is 0 Å². The second-order valence-corrected chi connectivity index (χ2v) is 8.07. The van der Waals surface area contributed by atoms with Gasteiger partial charge in [0.2, 0.25) is 5.91 Å². The van der Waals surface area contributed by atoms with Crippen molar-refractivity contribution < 1.29 is 9.53 Å². The van der Waals surface area contributed by atoms with Gasteiger partial charge in [-0.15, -0.1) is 0 Å². The number of pyridine rings is 1. The van der Waals surface area contributed by atoms with E-state index >= 15 is 0 Å². The number of benzene rings is 1. The van der Waals surface area contributed by atoms with Crippen LogP contribution in [0.1, 0.15) is 5.56 Å². The normalized spacial score (nSPS) is 10.6. The molecule has 0 aliphatic rings. The second-order valence-electron chi connectivity index (χ2n) is 4.65. The number of methoxy groups -OCH3 is 1. The minimum atomic E-state index is -0.360. The number of ether oxygens (including phenoxy) is 1. The second kappa shape index (κ2) is 9.60. The molecule has 0 saturated heterocycles. The van der Waals surface area contributed by atoms with E-state index in [0.717, 1.165) is 18.1 Å². The fraction of sp³-hybridized carbons (Fsp3) is 0.0625. The summed E-state index contributed by atoms with van der Waals surface area (Å²) in [6.07, 6.45) is 4.73. The van der Waals surface area contributed by atoms with Crippen LogP contribution in [0.15, 0.2) is 45.5 Å². The van der Waals surface area contributed by atoms with E-state index in [1.165, 1.54) is 6.08 Å². The van der Waals surface area contributed by atoms with Crippen LogP contribution in [-0.4, -0.2) is 23.1 Å². The molecule has 130 valence electrons. The van der Waals surface area contributed by atoms with E-state index in [2.05, 4.69) is 70.1 Å². The molecule has 1 aromatic carbocycles. The number of amides is 1. The summed E-state index contributed by atoms with van der Waals surface area (Å²) in [5, 5.41) is 5.59. The SMILES string of the molecule is COc1c(Br)cc(Br)cc1/C=C/C(=O)NC(=S)Nc1ccc(I)cn1. The van der Waals surface area contributed by atoms with Gasteiger partial charge in [-0.05, 0) is 81.1 Å². The van der Waals surface area contributed by atoms with Crippen LogP contribution in [0.5, 0.6) is 5.75 Å². The summed E-state index contributed by atoms with van der Waals surface area (Å²) >= 11 is 14.1. The number of hydrogen-bond donors (Lipinski definition) is 2. The third kappa shape index (κ3) is 6.32. The fourth-order valence-electron chi connectivity index (χ4n) is 1.84. The van der Waals surface area contributed by atoms with E-state index in [1.807, 2.05) is 18.2 Å². The molecule has 0 atom stereocenters. The van der Waals surface area contributed by atoms with Crippen LogP contribution in [0.25, 0.3) is 6.08 Å². The van der Waals surface area contributed by atoms with Gasteiger partial charge < -0.3 is 10.1 Å². The van der Waals surface area contributed by atoms with Gasteiger partial charge in [0.15, 0.2) is 5.11 Å². The molecule has 0 aliphatic heterocycles. The number of nitrogens with zero attached hydrogens (tertiary/aromatic N) is 1. The lowest BCUT2D eigenvalue weighted by Crippen LogP contribution is -2.33. The van der Waals surface area contributed by atoms with Crippen LogP contribution in [-0.2, 0) is 4.79 Å². The maximum atomic E-state index is 12.0. The maximum Gasteiger partial charge on any atom is 0.250 e. The number of nitrogens with one attached hydrogen (secondary N) is 2. The lowest BCUT2D eigenvalue weighted by atomic mass is 10.2. The quantitative estimate of drug-likeness (QED) is 0.303. The molecule has 2 rings (SSSR count). The molecular weight excluding hydrogens is 585 g/mol. The summed E-state index contributed by atoms with van der Waals surface area (Å²) in [5.74, 6) is 0.837. The van der Waals surface area contributed by atoms with Crippen molar-refractivity contribution in [2.24, 2.45) is 0 Å². The lowest BCUT2D eigenvalue weighted by molar-refractivity contribution is -0.115.